The summed E-state index contributed by atoms with van der Waals surface area (Å²) < 4.78 is 24.2. The molecule has 2 heterocycles. The van der Waals surface area contributed by atoms with Crippen LogP contribution in [0, 0.1) is 5.82 Å². The van der Waals surface area contributed by atoms with Crippen LogP contribution in [-0.4, -0.2) is 23.5 Å². The summed E-state index contributed by atoms with van der Waals surface area (Å²) in [6, 6.07) is 1.38. The molecule has 1 aliphatic rings. The van der Waals surface area contributed by atoms with Crippen molar-refractivity contribution in [2.45, 2.75) is 32.2 Å². The molecule has 16 heavy (non-hydrogen) atoms. The monoisotopic (exact) mass is 245 g/mol. The summed E-state index contributed by atoms with van der Waals surface area (Å²) in [7, 11) is 0. The standard InChI is InChI=1S/C11H13ClFNO2/c1-11(2)15-6-8(16-11)3-7-4-9(13)10(12)14-5-7/h4-5,8H,3,6H2,1-2H3/t8-/m0/s1. The molecule has 88 valence electrons. The molecule has 1 atom stereocenters. The number of hydrogen-bond donors (Lipinski definition) is 0. The Labute approximate surface area is 98.5 Å². The van der Waals surface area contributed by atoms with Gasteiger partial charge >= 0.3 is 0 Å². The van der Waals surface area contributed by atoms with E-state index in [1.807, 2.05) is 13.8 Å². The Balaban J connectivity index is 2.02. The number of ether oxygens (including phenoxy) is 2. The van der Waals surface area contributed by atoms with Gasteiger partial charge in [-0.15, -0.1) is 0 Å². The largest absolute Gasteiger partial charge is 0.348 e. The van der Waals surface area contributed by atoms with Crippen molar-refractivity contribution in [3.8, 4) is 0 Å². The highest BCUT2D eigenvalue weighted by molar-refractivity contribution is 6.29. The third-order valence-corrected chi connectivity index (χ3v) is 2.66. The van der Waals surface area contributed by atoms with Crippen molar-refractivity contribution in [1.82, 2.24) is 4.98 Å². The summed E-state index contributed by atoms with van der Waals surface area (Å²) in [4.78, 5) is 3.75. The van der Waals surface area contributed by atoms with Crippen molar-refractivity contribution >= 4 is 11.6 Å². The quantitative estimate of drug-likeness (QED) is 0.751. The van der Waals surface area contributed by atoms with Crippen molar-refractivity contribution in [2.24, 2.45) is 0 Å². The maximum Gasteiger partial charge on any atom is 0.164 e. The maximum atomic E-state index is 13.1. The van der Waals surface area contributed by atoms with Crippen molar-refractivity contribution in [2.75, 3.05) is 6.61 Å². The fraction of sp³-hybridized carbons (Fsp3) is 0.545. The van der Waals surface area contributed by atoms with Gasteiger partial charge in [-0.3, -0.25) is 0 Å². The summed E-state index contributed by atoms with van der Waals surface area (Å²) in [5.41, 5.74) is 0.758. The van der Waals surface area contributed by atoms with Gasteiger partial charge < -0.3 is 9.47 Å². The lowest BCUT2D eigenvalue weighted by molar-refractivity contribution is -0.138. The Morgan fingerprint density at radius 2 is 2.38 bits per heavy atom. The van der Waals surface area contributed by atoms with Crippen molar-refractivity contribution in [3.63, 3.8) is 0 Å². The summed E-state index contributed by atoms with van der Waals surface area (Å²) >= 11 is 5.50. The van der Waals surface area contributed by atoms with Gasteiger partial charge in [-0.1, -0.05) is 11.6 Å². The van der Waals surface area contributed by atoms with Crippen LogP contribution in [0.2, 0.25) is 5.15 Å². The van der Waals surface area contributed by atoms with Crippen LogP contribution in [0.5, 0.6) is 0 Å². The predicted octanol–water partition coefficient (Wildman–Crippen LogP) is 2.57. The molecule has 0 saturated carbocycles. The number of hydrogen-bond acceptors (Lipinski definition) is 3. The van der Waals surface area contributed by atoms with E-state index in [0.29, 0.717) is 13.0 Å². The van der Waals surface area contributed by atoms with E-state index in [0.717, 1.165) is 5.56 Å². The first-order valence-corrected chi connectivity index (χ1v) is 5.46. The molecule has 5 heteroatoms. The molecule has 1 aromatic heterocycles. The summed E-state index contributed by atoms with van der Waals surface area (Å²) in [6.07, 6.45) is 2.07. The van der Waals surface area contributed by atoms with E-state index < -0.39 is 11.6 Å². The Morgan fingerprint density at radius 1 is 1.62 bits per heavy atom. The first-order chi connectivity index (χ1) is 7.46. The number of nitrogens with zero attached hydrogens (tertiary/aromatic N) is 1. The second-order valence-corrected chi connectivity index (χ2v) is 4.63. The molecule has 0 aliphatic carbocycles. The normalized spacial score (nSPS) is 23.6. The zero-order valence-corrected chi connectivity index (χ0v) is 9.92. The van der Waals surface area contributed by atoms with Gasteiger partial charge in [-0.05, 0) is 25.5 Å². The first kappa shape index (κ1) is 11.8. The highest BCUT2D eigenvalue weighted by Gasteiger charge is 2.32. The van der Waals surface area contributed by atoms with E-state index in [9.17, 15) is 4.39 Å². The van der Waals surface area contributed by atoms with E-state index in [1.165, 1.54) is 6.07 Å². The summed E-state index contributed by atoms with van der Waals surface area (Å²) in [5, 5.41) is -0.104. The molecule has 2 rings (SSSR count). The van der Waals surface area contributed by atoms with E-state index in [-0.39, 0.29) is 11.3 Å². The molecule has 0 unspecified atom stereocenters. The SMILES string of the molecule is CC1(C)OC[C@H](Cc2cnc(Cl)c(F)c2)O1. The van der Waals surface area contributed by atoms with Gasteiger partial charge in [0.25, 0.3) is 0 Å². The topological polar surface area (TPSA) is 31.4 Å². The average molecular weight is 246 g/mol. The smallest absolute Gasteiger partial charge is 0.164 e. The third-order valence-electron chi connectivity index (χ3n) is 2.38. The van der Waals surface area contributed by atoms with Crippen LogP contribution < -0.4 is 0 Å². The number of aromatic nitrogens is 1. The number of rotatable bonds is 2. The molecule has 0 bridgehead atoms. The molecular formula is C11H13ClFNO2. The zero-order chi connectivity index (χ0) is 11.8. The number of halogens is 2. The van der Waals surface area contributed by atoms with E-state index >= 15 is 0 Å². The molecule has 0 amide bonds. The lowest BCUT2D eigenvalue weighted by Gasteiger charge is -2.17. The lowest BCUT2D eigenvalue weighted by Crippen LogP contribution is -2.22. The Morgan fingerprint density at radius 3 is 2.94 bits per heavy atom. The van der Waals surface area contributed by atoms with Gasteiger partial charge in [0, 0.05) is 12.6 Å². The van der Waals surface area contributed by atoms with Gasteiger partial charge in [-0.2, -0.15) is 0 Å². The fourth-order valence-electron chi connectivity index (χ4n) is 1.70. The minimum Gasteiger partial charge on any atom is -0.348 e. The Kier molecular flexibility index (Phi) is 3.15. The molecule has 0 N–H and O–H groups in total. The predicted molar refractivity (Wildman–Crippen MR) is 57.8 cm³/mol. The molecule has 1 aliphatic heterocycles. The second-order valence-electron chi connectivity index (χ2n) is 4.27. The van der Waals surface area contributed by atoms with Gasteiger partial charge in [0.1, 0.15) is 0 Å². The third kappa shape index (κ3) is 2.70. The van der Waals surface area contributed by atoms with Gasteiger partial charge in [-0.25, -0.2) is 9.37 Å². The van der Waals surface area contributed by atoms with Gasteiger partial charge in [0.15, 0.2) is 16.8 Å². The maximum absolute atomic E-state index is 13.1. The van der Waals surface area contributed by atoms with Crippen LogP contribution >= 0.6 is 11.6 Å². The fourth-order valence-corrected chi connectivity index (χ4v) is 1.80. The van der Waals surface area contributed by atoms with Crippen molar-refractivity contribution in [3.05, 3.63) is 28.8 Å². The van der Waals surface area contributed by atoms with Crippen LogP contribution in [0.4, 0.5) is 4.39 Å². The molecule has 3 nitrogen and oxygen atoms in total. The first-order valence-electron chi connectivity index (χ1n) is 5.08. The van der Waals surface area contributed by atoms with Crippen LogP contribution in [0.15, 0.2) is 12.3 Å². The summed E-state index contributed by atoms with van der Waals surface area (Å²) in [6.45, 7) is 4.22. The average Bonchev–Trinajstić information content (AvgIpc) is 2.52. The van der Waals surface area contributed by atoms with Gasteiger partial charge in [0.2, 0.25) is 0 Å². The Hall–Kier alpha value is -0.710. The van der Waals surface area contributed by atoms with E-state index in [4.69, 9.17) is 21.1 Å². The molecule has 0 aromatic carbocycles. The molecule has 1 aromatic rings. The van der Waals surface area contributed by atoms with Crippen LogP contribution in [0.25, 0.3) is 0 Å². The van der Waals surface area contributed by atoms with Crippen molar-refractivity contribution in [1.29, 1.82) is 0 Å². The molecule has 1 fully saturated rings. The van der Waals surface area contributed by atoms with Crippen molar-refractivity contribution < 1.29 is 13.9 Å². The molecule has 1 saturated heterocycles. The zero-order valence-electron chi connectivity index (χ0n) is 9.17. The van der Waals surface area contributed by atoms with E-state index in [2.05, 4.69) is 4.98 Å². The molecular weight excluding hydrogens is 233 g/mol. The second kappa shape index (κ2) is 4.28. The Bertz CT molecular complexity index is 398. The van der Waals surface area contributed by atoms with Crippen LogP contribution in [0.1, 0.15) is 19.4 Å². The van der Waals surface area contributed by atoms with E-state index in [1.54, 1.807) is 6.20 Å². The summed E-state index contributed by atoms with van der Waals surface area (Å²) in [5.74, 6) is -1.05. The minimum atomic E-state index is -0.553. The highest BCUT2D eigenvalue weighted by Crippen LogP contribution is 2.25. The van der Waals surface area contributed by atoms with Crippen LogP contribution in [0.3, 0.4) is 0 Å². The molecule has 0 radical (unpaired) electrons. The van der Waals surface area contributed by atoms with Crippen LogP contribution in [-0.2, 0) is 15.9 Å². The van der Waals surface area contributed by atoms with Gasteiger partial charge in [0.05, 0.1) is 12.7 Å². The lowest BCUT2D eigenvalue weighted by atomic mass is 10.1. The minimum absolute atomic E-state index is 0.0580. The molecule has 0 spiro atoms. The number of pyridine rings is 1. The highest BCUT2D eigenvalue weighted by atomic mass is 35.5.